The second kappa shape index (κ2) is 5.69. The van der Waals surface area contributed by atoms with Crippen molar-refractivity contribution in [3.8, 4) is 0 Å². The van der Waals surface area contributed by atoms with Crippen LogP contribution in [0, 0.1) is 0 Å². The van der Waals surface area contributed by atoms with Gasteiger partial charge >= 0.3 is 0 Å². The summed E-state index contributed by atoms with van der Waals surface area (Å²) in [7, 11) is 0. The highest BCUT2D eigenvalue weighted by atomic mass is 16.3. The number of piperazine rings is 1. The molecular formula is C11H24N2O. The molecule has 0 aromatic carbocycles. The van der Waals surface area contributed by atoms with Gasteiger partial charge < -0.3 is 5.11 Å². The fourth-order valence-electron chi connectivity index (χ4n) is 1.89. The molecule has 1 saturated heterocycles. The number of β-amino-alcohol motifs (C(OH)–C–C–N with tert-alkyl or cyclic N) is 1. The van der Waals surface area contributed by atoms with E-state index in [0.29, 0.717) is 6.04 Å². The Morgan fingerprint density at radius 1 is 1.14 bits per heavy atom. The molecule has 1 fully saturated rings. The maximum atomic E-state index is 9.53. The van der Waals surface area contributed by atoms with Crippen LogP contribution in [0.5, 0.6) is 0 Å². The SMILES string of the molecule is CC[C@@H](O)CN1CCN(C(C)C)CC1. The summed E-state index contributed by atoms with van der Waals surface area (Å²) in [6.07, 6.45) is 0.727. The number of aliphatic hydroxyl groups is 1. The van der Waals surface area contributed by atoms with E-state index in [-0.39, 0.29) is 6.10 Å². The molecule has 14 heavy (non-hydrogen) atoms. The Balaban J connectivity index is 2.22. The van der Waals surface area contributed by atoms with Gasteiger partial charge in [0.25, 0.3) is 0 Å². The lowest BCUT2D eigenvalue weighted by Gasteiger charge is -2.37. The van der Waals surface area contributed by atoms with Crippen molar-refractivity contribution in [1.29, 1.82) is 0 Å². The number of aliphatic hydroxyl groups excluding tert-OH is 1. The quantitative estimate of drug-likeness (QED) is 0.726. The normalized spacial score (nSPS) is 22.9. The van der Waals surface area contributed by atoms with Gasteiger partial charge in [0.2, 0.25) is 0 Å². The third kappa shape index (κ3) is 3.56. The average molecular weight is 200 g/mol. The van der Waals surface area contributed by atoms with Gasteiger partial charge in [-0.2, -0.15) is 0 Å². The summed E-state index contributed by atoms with van der Waals surface area (Å²) in [4.78, 5) is 4.86. The molecule has 1 N–H and O–H groups in total. The molecule has 0 spiro atoms. The van der Waals surface area contributed by atoms with Crippen LogP contribution in [0.3, 0.4) is 0 Å². The zero-order chi connectivity index (χ0) is 10.6. The van der Waals surface area contributed by atoms with E-state index in [0.717, 1.165) is 39.1 Å². The van der Waals surface area contributed by atoms with E-state index in [1.165, 1.54) is 0 Å². The first-order valence-electron chi connectivity index (χ1n) is 5.78. The van der Waals surface area contributed by atoms with E-state index in [4.69, 9.17) is 0 Å². The van der Waals surface area contributed by atoms with Gasteiger partial charge in [-0.3, -0.25) is 9.80 Å². The molecule has 1 atom stereocenters. The molecule has 0 bridgehead atoms. The largest absolute Gasteiger partial charge is 0.392 e. The molecule has 0 radical (unpaired) electrons. The molecule has 1 heterocycles. The Morgan fingerprint density at radius 2 is 1.71 bits per heavy atom. The van der Waals surface area contributed by atoms with Crippen LogP contribution in [0.25, 0.3) is 0 Å². The van der Waals surface area contributed by atoms with Crippen LogP contribution in [-0.4, -0.2) is 59.8 Å². The molecule has 0 amide bonds. The molecule has 0 saturated carbocycles. The lowest BCUT2D eigenvalue weighted by atomic mass is 10.2. The molecule has 3 nitrogen and oxygen atoms in total. The van der Waals surface area contributed by atoms with Crippen molar-refractivity contribution < 1.29 is 5.11 Å². The highest BCUT2D eigenvalue weighted by molar-refractivity contribution is 4.75. The fourth-order valence-corrected chi connectivity index (χ4v) is 1.89. The van der Waals surface area contributed by atoms with Crippen LogP contribution in [0.15, 0.2) is 0 Å². The highest BCUT2D eigenvalue weighted by Crippen LogP contribution is 2.06. The smallest absolute Gasteiger partial charge is 0.0664 e. The Kier molecular flexibility index (Phi) is 4.85. The molecule has 1 rings (SSSR count). The van der Waals surface area contributed by atoms with Crippen molar-refractivity contribution in [1.82, 2.24) is 9.80 Å². The number of rotatable bonds is 4. The van der Waals surface area contributed by atoms with Crippen molar-refractivity contribution in [2.45, 2.75) is 39.3 Å². The number of hydrogen-bond donors (Lipinski definition) is 1. The predicted octanol–water partition coefficient (Wildman–Crippen LogP) is 0.783. The summed E-state index contributed by atoms with van der Waals surface area (Å²) in [5, 5.41) is 9.53. The zero-order valence-corrected chi connectivity index (χ0v) is 9.74. The van der Waals surface area contributed by atoms with Crippen molar-refractivity contribution in [3.05, 3.63) is 0 Å². The van der Waals surface area contributed by atoms with Crippen molar-refractivity contribution >= 4 is 0 Å². The molecule has 1 aliphatic rings. The Morgan fingerprint density at radius 3 is 2.14 bits per heavy atom. The zero-order valence-electron chi connectivity index (χ0n) is 9.74. The molecule has 0 aromatic rings. The summed E-state index contributed by atoms with van der Waals surface area (Å²) < 4.78 is 0. The number of nitrogens with zero attached hydrogens (tertiary/aromatic N) is 2. The topological polar surface area (TPSA) is 26.7 Å². The van der Waals surface area contributed by atoms with Crippen LogP contribution in [0.4, 0.5) is 0 Å². The van der Waals surface area contributed by atoms with Crippen molar-refractivity contribution in [3.63, 3.8) is 0 Å². The van der Waals surface area contributed by atoms with E-state index in [1.54, 1.807) is 0 Å². The monoisotopic (exact) mass is 200 g/mol. The molecule has 0 unspecified atom stereocenters. The summed E-state index contributed by atoms with van der Waals surface area (Å²) in [5.74, 6) is 0. The Labute approximate surface area is 87.7 Å². The van der Waals surface area contributed by atoms with E-state index in [2.05, 4.69) is 23.6 Å². The van der Waals surface area contributed by atoms with Gasteiger partial charge in [-0.25, -0.2) is 0 Å². The highest BCUT2D eigenvalue weighted by Gasteiger charge is 2.19. The molecule has 0 aromatic heterocycles. The first-order chi connectivity index (χ1) is 6.63. The first kappa shape index (κ1) is 12.0. The maximum absolute atomic E-state index is 9.53. The van der Waals surface area contributed by atoms with Crippen LogP contribution in [-0.2, 0) is 0 Å². The van der Waals surface area contributed by atoms with Gasteiger partial charge in [0, 0.05) is 38.8 Å². The minimum Gasteiger partial charge on any atom is -0.392 e. The molecule has 3 heteroatoms. The summed E-state index contributed by atoms with van der Waals surface area (Å²) in [6.45, 7) is 11.9. The molecular weight excluding hydrogens is 176 g/mol. The van der Waals surface area contributed by atoms with Crippen molar-refractivity contribution in [2.24, 2.45) is 0 Å². The maximum Gasteiger partial charge on any atom is 0.0664 e. The lowest BCUT2D eigenvalue weighted by Crippen LogP contribution is -2.50. The average Bonchev–Trinajstić information content (AvgIpc) is 2.18. The Hall–Kier alpha value is -0.120. The van der Waals surface area contributed by atoms with Gasteiger partial charge in [0.1, 0.15) is 0 Å². The summed E-state index contributed by atoms with van der Waals surface area (Å²) in [5.41, 5.74) is 0. The number of hydrogen-bond acceptors (Lipinski definition) is 3. The van der Waals surface area contributed by atoms with Crippen LogP contribution < -0.4 is 0 Å². The van der Waals surface area contributed by atoms with Gasteiger partial charge in [-0.05, 0) is 20.3 Å². The predicted molar refractivity (Wildman–Crippen MR) is 59.4 cm³/mol. The second-order valence-electron chi connectivity index (χ2n) is 4.49. The Bertz CT molecular complexity index is 153. The van der Waals surface area contributed by atoms with E-state index in [1.807, 2.05) is 6.92 Å². The fraction of sp³-hybridized carbons (Fsp3) is 1.00. The van der Waals surface area contributed by atoms with E-state index in [9.17, 15) is 5.11 Å². The minimum absolute atomic E-state index is 0.138. The van der Waals surface area contributed by atoms with E-state index >= 15 is 0 Å². The lowest BCUT2D eigenvalue weighted by molar-refractivity contribution is 0.0610. The van der Waals surface area contributed by atoms with Gasteiger partial charge in [0.15, 0.2) is 0 Å². The second-order valence-corrected chi connectivity index (χ2v) is 4.49. The summed E-state index contributed by atoms with van der Waals surface area (Å²) in [6, 6.07) is 0.660. The van der Waals surface area contributed by atoms with Crippen LogP contribution in [0.2, 0.25) is 0 Å². The van der Waals surface area contributed by atoms with Crippen LogP contribution in [0.1, 0.15) is 27.2 Å². The molecule has 84 valence electrons. The molecule has 0 aliphatic carbocycles. The standard InChI is InChI=1S/C11H24N2O/c1-4-11(14)9-12-5-7-13(8-6-12)10(2)3/h10-11,14H,4-9H2,1-3H3/t11-/m1/s1. The summed E-state index contributed by atoms with van der Waals surface area (Å²) >= 11 is 0. The van der Waals surface area contributed by atoms with Crippen LogP contribution >= 0.6 is 0 Å². The van der Waals surface area contributed by atoms with Crippen molar-refractivity contribution in [2.75, 3.05) is 32.7 Å². The molecule has 1 aliphatic heterocycles. The first-order valence-corrected chi connectivity index (χ1v) is 5.78. The third-order valence-electron chi connectivity index (χ3n) is 3.08. The van der Waals surface area contributed by atoms with Gasteiger partial charge in [0.05, 0.1) is 6.10 Å². The van der Waals surface area contributed by atoms with Gasteiger partial charge in [-0.15, -0.1) is 0 Å². The van der Waals surface area contributed by atoms with Gasteiger partial charge in [-0.1, -0.05) is 6.92 Å². The third-order valence-corrected chi connectivity index (χ3v) is 3.08. The minimum atomic E-state index is -0.138. The van der Waals surface area contributed by atoms with E-state index < -0.39 is 0 Å².